The lowest BCUT2D eigenvalue weighted by Gasteiger charge is -2.10. The van der Waals surface area contributed by atoms with E-state index in [1.54, 1.807) is 0 Å². The van der Waals surface area contributed by atoms with E-state index in [1.807, 2.05) is 43.4 Å². The van der Waals surface area contributed by atoms with Gasteiger partial charge in [-0.3, -0.25) is 10.2 Å². The van der Waals surface area contributed by atoms with Gasteiger partial charge in [-0.1, -0.05) is 60.7 Å². The summed E-state index contributed by atoms with van der Waals surface area (Å²) >= 11 is 0. The van der Waals surface area contributed by atoms with Crippen molar-refractivity contribution in [1.82, 2.24) is 15.4 Å². The van der Waals surface area contributed by atoms with Crippen LogP contribution in [0, 0.1) is 0 Å². The Bertz CT molecular complexity index is 1080. The number of carbonyl (C=O) groups is 1. The minimum absolute atomic E-state index is 0.0416. The number of nitrogens with one attached hydrogen (secondary N) is 2. The highest BCUT2D eigenvalue weighted by molar-refractivity contribution is 5.90. The van der Waals surface area contributed by atoms with Crippen LogP contribution in [-0.2, 0) is 24.8 Å². The molecule has 0 aliphatic heterocycles. The predicted octanol–water partition coefficient (Wildman–Crippen LogP) is 3.70. The number of aromatic nitrogens is 1. The van der Waals surface area contributed by atoms with E-state index >= 15 is 0 Å². The summed E-state index contributed by atoms with van der Waals surface area (Å²) < 4.78 is 2.14. The first-order valence-electron chi connectivity index (χ1n) is 8.74. The maximum Gasteiger partial charge on any atom is 0.238 e. The fraction of sp³-hybridized carbons (Fsp3) is 0.136. The van der Waals surface area contributed by atoms with E-state index in [4.69, 9.17) is 0 Å². The average molecular weight is 343 g/mol. The van der Waals surface area contributed by atoms with Crippen LogP contribution in [0.25, 0.3) is 21.7 Å². The number of fused-ring (bicyclic) bond motifs is 2. The molecule has 2 N–H and O–H groups in total. The van der Waals surface area contributed by atoms with Crippen molar-refractivity contribution in [2.75, 3.05) is 0 Å². The maximum atomic E-state index is 12.3. The minimum atomic E-state index is -0.0416. The molecule has 0 saturated carbocycles. The Labute approximate surface area is 152 Å². The Balaban J connectivity index is 1.40. The number of hydrazine groups is 1. The molecule has 0 radical (unpaired) electrons. The Morgan fingerprint density at radius 2 is 1.65 bits per heavy atom. The quantitative estimate of drug-likeness (QED) is 0.543. The van der Waals surface area contributed by atoms with Gasteiger partial charge in [0.15, 0.2) is 0 Å². The summed E-state index contributed by atoms with van der Waals surface area (Å²) in [6, 6.07) is 24.6. The Kier molecular flexibility index (Phi) is 4.42. The van der Waals surface area contributed by atoms with Crippen molar-refractivity contribution < 1.29 is 4.79 Å². The van der Waals surface area contributed by atoms with Gasteiger partial charge in [-0.2, -0.15) is 0 Å². The molecule has 0 aliphatic carbocycles. The van der Waals surface area contributed by atoms with Gasteiger partial charge in [0, 0.05) is 18.3 Å². The number of rotatable bonds is 5. The van der Waals surface area contributed by atoms with Crippen molar-refractivity contribution in [2.45, 2.75) is 13.0 Å². The summed E-state index contributed by atoms with van der Waals surface area (Å²) in [6.45, 7) is 0.576. The van der Waals surface area contributed by atoms with Crippen molar-refractivity contribution >= 4 is 27.6 Å². The first-order chi connectivity index (χ1) is 12.7. The van der Waals surface area contributed by atoms with Gasteiger partial charge in [0.1, 0.15) is 0 Å². The highest BCUT2D eigenvalue weighted by atomic mass is 16.2. The lowest BCUT2D eigenvalue weighted by molar-refractivity contribution is -0.121. The second-order valence-corrected chi connectivity index (χ2v) is 6.47. The SMILES string of the molecule is Cn1c(CNNC(=O)Cc2cccc3ccccc23)cc2ccccc21. The summed E-state index contributed by atoms with van der Waals surface area (Å²) in [6.07, 6.45) is 0.351. The van der Waals surface area contributed by atoms with Gasteiger partial charge in [-0.05, 0) is 33.9 Å². The van der Waals surface area contributed by atoms with E-state index in [2.05, 4.69) is 51.8 Å². The molecule has 4 nitrogen and oxygen atoms in total. The highest BCUT2D eigenvalue weighted by Gasteiger charge is 2.08. The molecule has 1 heterocycles. The van der Waals surface area contributed by atoms with E-state index in [1.165, 1.54) is 10.9 Å². The molecule has 0 unspecified atom stereocenters. The fourth-order valence-corrected chi connectivity index (χ4v) is 3.41. The Morgan fingerprint density at radius 1 is 0.923 bits per heavy atom. The molecule has 130 valence electrons. The number of hydrogen-bond acceptors (Lipinski definition) is 2. The maximum absolute atomic E-state index is 12.3. The topological polar surface area (TPSA) is 46.1 Å². The fourth-order valence-electron chi connectivity index (χ4n) is 3.41. The summed E-state index contributed by atoms with van der Waals surface area (Å²) in [4.78, 5) is 12.3. The van der Waals surface area contributed by atoms with Crippen molar-refractivity contribution in [3.63, 3.8) is 0 Å². The first kappa shape index (κ1) is 16.4. The van der Waals surface area contributed by atoms with Crippen molar-refractivity contribution in [3.05, 3.63) is 84.1 Å². The number of amides is 1. The van der Waals surface area contributed by atoms with Crippen molar-refractivity contribution in [1.29, 1.82) is 0 Å². The zero-order chi connectivity index (χ0) is 17.9. The molecule has 4 heteroatoms. The molecule has 0 saturated heterocycles. The molecule has 1 amide bonds. The van der Waals surface area contributed by atoms with Crippen LogP contribution in [0.3, 0.4) is 0 Å². The molecule has 0 bridgehead atoms. The number of para-hydroxylation sites is 1. The molecule has 26 heavy (non-hydrogen) atoms. The van der Waals surface area contributed by atoms with E-state index in [0.717, 1.165) is 22.0 Å². The van der Waals surface area contributed by atoms with Crippen LogP contribution in [0.4, 0.5) is 0 Å². The van der Waals surface area contributed by atoms with E-state index in [0.29, 0.717) is 13.0 Å². The first-order valence-corrected chi connectivity index (χ1v) is 8.74. The Hall–Kier alpha value is -3.11. The molecule has 3 aromatic carbocycles. The van der Waals surface area contributed by atoms with Crippen LogP contribution in [0.1, 0.15) is 11.3 Å². The van der Waals surface area contributed by atoms with Gasteiger partial charge in [-0.25, -0.2) is 5.43 Å². The van der Waals surface area contributed by atoms with Crippen molar-refractivity contribution in [3.8, 4) is 0 Å². The number of benzene rings is 3. The zero-order valence-electron chi connectivity index (χ0n) is 14.7. The average Bonchev–Trinajstić information content (AvgIpc) is 2.98. The zero-order valence-corrected chi connectivity index (χ0v) is 14.7. The van der Waals surface area contributed by atoms with Crippen LogP contribution in [-0.4, -0.2) is 10.5 Å². The molecule has 0 atom stereocenters. The lowest BCUT2D eigenvalue weighted by Crippen LogP contribution is -2.38. The lowest BCUT2D eigenvalue weighted by atomic mass is 10.0. The molecular weight excluding hydrogens is 322 g/mol. The molecule has 4 rings (SSSR count). The number of hydrogen-bond donors (Lipinski definition) is 2. The molecule has 0 aliphatic rings. The molecule has 0 spiro atoms. The van der Waals surface area contributed by atoms with Crippen molar-refractivity contribution in [2.24, 2.45) is 7.05 Å². The van der Waals surface area contributed by atoms with Gasteiger partial charge < -0.3 is 4.57 Å². The summed E-state index contributed by atoms with van der Waals surface area (Å²) in [5, 5.41) is 3.48. The summed E-state index contributed by atoms with van der Waals surface area (Å²) in [5.74, 6) is -0.0416. The smallest absolute Gasteiger partial charge is 0.238 e. The third-order valence-electron chi connectivity index (χ3n) is 4.78. The van der Waals surface area contributed by atoms with E-state index < -0.39 is 0 Å². The highest BCUT2D eigenvalue weighted by Crippen LogP contribution is 2.19. The van der Waals surface area contributed by atoms with Crippen LogP contribution in [0.15, 0.2) is 72.8 Å². The minimum Gasteiger partial charge on any atom is -0.346 e. The van der Waals surface area contributed by atoms with Crippen LogP contribution >= 0.6 is 0 Å². The van der Waals surface area contributed by atoms with Crippen LogP contribution in [0.2, 0.25) is 0 Å². The van der Waals surface area contributed by atoms with Gasteiger partial charge in [0.05, 0.1) is 13.0 Å². The monoisotopic (exact) mass is 343 g/mol. The molecule has 1 aromatic heterocycles. The third kappa shape index (κ3) is 3.19. The second kappa shape index (κ2) is 7.02. The molecular formula is C22H21N3O. The van der Waals surface area contributed by atoms with E-state index in [-0.39, 0.29) is 5.91 Å². The number of aryl methyl sites for hydroxylation is 1. The van der Waals surface area contributed by atoms with Crippen LogP contribution < -0.4 is 10.9 Å². The third-order valence-corrected chi connectivity index (χ3v) is 4.78. The molecule has 0 fully saturated rings. The normalized spacial score (nSPS) is 11.1. The van der Waals surface area contributed by atoms with Gasteiger partial charge >= 0.3 is 0 Å². The van der Waals surface area contributed by atoms with Gasteiger partial charge in [0.25, 0.3) is 0 Å². The van der Waals surface area contributed by atoms with Crippen LogP contribution in [0.5, 0.6) is 0 Å². The Morgan fingerprint density at radius 3 is 2.50 bits per heavy atom. The van der Waals surface area contributed by atoms with Gasteiger partial charge in [0.2, 0.25) is 5.91 Å². The van der Waals surface area contributed by atoms with Gasteiger partial charge in [-0.15, -0.1) is 0 Å². The summed E-state index contributed by atoms with van der Waals surface area (Å²) in [7, 11) is 2.04. The standard InChI is InChI=1S/C22H21N3O/c1-25-19(13-18-8-3-5-12-21(18)25)15-23-24-22(26)14-17-10-6-9-16-7-2-4-11-20(16)17/h2-13,23H,14-15H2,1H3,(H,24,26). The number of carbonyl (C=O) groups excluding carboxylic acids is 1. The van der Waals surface area contributed by atoms with E-state index in [9.17, 15) is 4.79 Å². The largest absolute Gasteiger partial charge is 0.346 e. The number of nitrogens with zero attached hydrogens (tertiary/aromatic N) is 1. The predicted molar refractivity (Wildman–Crippen MR) is 106 cm³/mol. The molecule has 4 aromatic rings. The summed E-state index contributed by atoms with van der Waals surface area (Å²) in [5.41, 5.74) is 9.21. The second-order valence-electron chi connectivity index (χ2n) is 6.47.